The normalized spacial score (nSPS) is 11.1. The first kappa shape index (κ1) is 12.1. The van der Waals surface area contributed by atoms with Crippen LogP contribution in [0.25, 0.3) is 10.9 Å². The third-order valence-corrected chi connectivity index (χ3v) is 3.41. The van der Waals surface area contributed by atoms with E-state index in [2.05, 4.69) is 0 Å². The van der Waals surface area contributed by atoms with Crippen LogP contribution in [-0.2, 0) is 6.54 Å². The fourth-order valence-corrected chi connectivity index (χ4v) is 2.41. The van der Waals surface area contributed by atoms with Gasteiger partial charge in [-0.1, -0.05) is 29.8 Å². The number of hydrogen-bond acceptors (Lipinski definition) is 1. The molecule has 2 nitrogen and oxygen atoms in total. The highest BCUT2D eigenvalue weighted by Crippen LogP contribution is 2.24. The number of hydrogen-bond donors (Lipinski definition) is 1. The molecule has 19 heavy (non-hydrogen) atoms. The van der Waals surface area contributed by atoms with Crippen LogP contribution in [0.15, 0.2) is 48.7 Å². The van der Waals surface area contributed by atoms with Crippen molar-refractivity contribution in [1.29, 1.82) is 0 Å². The zero-order valence-corrected chi connectivity index (χ0v) is 10.9. The molecule has 0 aliphatic carbocycles. The average Bonchev–Trinajstić information content (AvgIpc) is 2.77. The molecule has 4 heteroatoms. The van der Waals surface area contributed by atoms with Crippen LogP contribution in [-0.4, -0.2) is 4.57 Å². The van der Waals surface area contributed by atoms with Crippen molar-refractivity contribution in [3.05, 3.63) is 65.1 Å². The summed E-state index contributed by atoms with van der Waals surface area (Å²) in [4.78, 5) is 0. The lowest BCUT2D eigenvalue weighted by atomic mass is 10.2. The van der Waals surface area contributed by atoms with E-state index < -0.39 is 0 Å². The van der Waals surface area contributed by atoms with Crippen LogP contribution in [0.3, 0.4) is 0 Å². The second-order valence-electron chi connectivity index (χ2n) is 4.46. The Morgan fingerprint density at radius 2 is 2.00 bits per heavy atom. The highest BCUT2D eigenvalue weighted by molar-refractivity contribution is 6.30. The van der Waals surface area contributed by atoms with Crippen molar-refractivity contribution >= 4 is 28.2 Å². The van der Waals surface area contributed by atoms with Crippen LogP contribution in [0.4, 0.5) is 10.1 Å². The molecule has 0 bridgehead atoms. The summed E-state index contributed by atoms with van der Waals surface area (Å²) in [6.45, 7) is 0.431. The van der Waals surface area contributed by atoms with E-state index in [1.165, 1.54) is 6.07 Å². The number of anilines is 1. The Morgan fingerprint density at radius 3 is 2.79 bits per heavy atom. The maximum Gasteiger partial charge on any atom is 0.129 e. The summed E-state index contributed by atoms with van der Waals surface area (Å²) in [6, 6.07) is 12.4. The summed E-state index contributed by atoms with van der Waals surface area (Å²) in [7, 11) is 0. The fraction of sp³-hybridized carbons (Fsp3) is 0.0667. The summed E-state index contributed by atoms with van der Waals surface area (Å²) >= 11 is 5.75. The van der Waals surface area contributed by atoms with Gasteiger partial charge in [0, 0.05) is 22.2 Å². The quantitative estimate of drug-likeness (QED) is 0.702. The lowest BCUT2D eigenvalue weighted by molar-refractivity contribution is 0.602. The van der Waals surface area contributed by atoms with Crippen LogP contribution >= 0.6 is 11.6 Å². The zero-order valence-electron chi connectivity index (χ0n) is 10.1. The van der Waals surface area contributed by atoms with Crippen molar-refractivity contribution in [1.82, 2.24) is 4.57 Å². The van der Waals surface area contributed by atoms with Gasteiger partial charge < -0.3 is 10.3 Å². The Bertz CT molecular complexity index is 749. The van der Waals surface area contributed by atoms with Gasteiger partial charge in [0.2, 0.25) is 0 Å². The van der Waals surface area contributed by atoms with E-state index >= 15 is 0 Å². The zero-order chi connectivity index (χ0) is 13.4. The molecule has 0 spiro atoms. The van der Waals surface area contributed by atoms with Gasteiger partial charge in [0.05, 0.1) is 17.7 Å². The minimum atomic E-state index is -0.302. The van der Waals surface area contributed by atoms with Gasteiger partial charge in [-0.25, -0.2) is 4.39 Å². The van der Waals surface area contributed by atoms with Gasteiger partial charge >= 0.3 is 0 Å². The number of para-hydroxylation sites is 1. The molecule has 0 saturated carbocycles. The van der Waals surface area contributed by atoms with Crippen molar-refractivity contribution in [2.24, 2.45) is 0 Å². The number of fused-ring (bicyclic) bond motifs is 1. The molecule has 0 fully saturated rings. The Hall–Kier alpha value is -2.00. The van der Waals surface area contributed by atoms with Gasteiger partial charge in [-0.2, -0.15) is 0 Å². The van der Waals surface area contributed by atoms with E-state index in [0.717, 1.165) is 10.9 Å². The van der Waals surface area contributed by atoms with Gasteiger partial charge in [0.1, 0.15) is 5.82 Å². The number of rotatable bonds is 2. The number of benzene rings is 2. The average molecular weight is 275 g/mol. The van der Waals surface area contributed by atoms with Gasteiger partial charge in [-0.15, -0.1) is 0 Å². The van der Waals surface area contributed by atoms with Crippen molar-refractivity contribution in [2.75, 3.05) is 5.73 Å². The molecule has 1 aromatic heterocycles. The predicted octanol–water partition coefficient (Wildman–Crippen LogP) is 4.06. The summed E-state index contributed by atoms with van der Waals surface area (Å²) in [5, 5.41) is 1.45. The topological polar surface area (TPSA) is 30.9 Å². The van der Waals surface area contributed by atoms with Crippen molar-refractivity contribution in [2.45, 2.75) is 6.54 Å². The van der Waals surface area contributed by atoms with Crippen molar-refractivity contribution in [3.8, 4) is 0 Å². The predicted molar refractivity (Wildman–Crippen MR) is 76.9 cm³/mol. The second-order valence-corrected chi connectivity index (χ2v) is 4.90. The Morgan fingerprint density at radius 1 is 1.16 bits per heavy atom. The lowest BCUT2D eigenvalue weighted by Gasteiger charge is -2.08. The maximum atomic E-state index is 13.8. The largest absolute Gasteiger partial charge is 0.397 e. The molecule has 0 amide bonds. The third-order valence-electron chi connectivity index (χ3n) is 3.18. The molecule has 1 heterocycles. The van der Waals surface area contributed by atoms with Gasteiger partial charge in [0.15, 0.2) is 0 Å². The SMILES string of the molecule is Nc1cccc2ccn(Cc3ccc(Cl)cc3F)c12. The van der Waals surface area contributed by atoms with Crippen LogP contribution in [0.5, 0.6) is 0 Å². The second kappa shape index (κ2) is 4.59. The molecular formula is C15H12ClFN2. The molecule has 0 unspecified atom stereocenters. The molecule has 3 rings (SSSR count). The molecule has 2 aromatic carbocycles. The minimum Gasteiger partial charge on any atom is -0.397 e. The smallest absolute Gasteiger partial charge is 0.129 e. The third kappa shape index (κ3) is 2.17. The van der Waals surface area contributed by atoms with Crippen LogP contribution in [0.1, 0.15) is 5.56 Å². The highest BCUT2D eigenvalue weighted by Gasteiger charge is 2.08. The van der Waals surface area contributed by atoms with Crippen molar-refractivity contribution in [3.63, 3.8) is 0 Å². The Balaban J connectivity index is 2.06. The molecule has 96 valence electrons. The molecule has 0 saturated heterocycles. The Kier molecular flexibility index (Phi) is 2.91. The van der Waals surface area contributed by atoms with E-state index in [-0.39, 0.29) is 5.82 Å². The minimum absolute atomic E-state index is 0.302. The van der Waals surface area contributed by atoms with E-state index in [1.807, 2.05) is 35.0 Å². The van der Waals surface area contributed by atoms with Gasteiger partial charge in [-0.05, 0) is 24.3 Å². The molecule has 0 radical (unpaired) electrons. The van der Waals surface area contributed by atoms with E-state index in [1.54, 1.807) is 12.1 Å². The van der Waals surface area contributed by atoms with E-state index in [0.29, 0.717) is 22.8 Å². The summed E-state index contributed by atoms with van der Waals surface area (Å²) < 4.78 is 15.8. The number of halogens is 2. The molecule has 0 aliphatic heterocycles. The fourth-order valence-electron chi connectivity index (χ4n) is 2.26. The first-order valence-corrected chi connectivity index (χ1v) is 6.30. The summed E-state index contributed by atoms with van der Waals surface area (Å²) in [6.07, 6.45) is 1.91. The van der Waals surface area contributed by atoms with E-state index in [9.17, 15) is 4.39 Å². The maximum absolute atomic E-state index is 13.8. The monoisotopic (exact) mass is 274 g/mol. The number of nitrogens with two attached hydrogens (primary N) is 1. The summed E-state index contributed by atoms with van der Waals surface area (Å²) in [5.41, 5.74) is 8.19. The lowest BCUT2D eigenvalue weighted by Crippen LogP contribution is -2.02. The van der Waals surface area contributed by atoms with Crippen LogP contribution < -0.4 is 5.73 Å². The number of aromatic nitrogens is 1. The van der Waals surface area contributed by atoms with E-state index in [4.69, 9.17) is 17.3 Å². The van der Waals surface area contributed by atoms with Crippen LogP contribution in [0.2, 0.25) is 5.02 Å². The molecule has 0 aliphatic rings. The molecule has 0 atom stereocenters. The molecular weight excluding hydrogens is 263 g/mol. The van der Waals surface area contributed by atoms with Gasteiger partial charge in [0.25, 0.3) is 0 Å². The molecule has 2 N–H and O–H groups in total. The number of nitrogen functional groups attached to an aromatic ring is 1. The van der Waals surface area contributed by atoms with Gasteiger partial charge in [-0.3, -0.25) is 0 Å². The van der Waals surface area contributed by atoms with Crippen molar-refractivity contribution < 1.29 is 4.39 Å². The Labute approximate surface area is 115 Å². The van der Waals surface area contributed by atoms with Crippen LogP contribution in [0, 0.1) is 5.82 Å². The molecule has 3 aromatic rings. The summed E-state index contributed by atoms with van der Waals surface area (Å²) in [5.74, 6) is -0.302. The number of nitrogens with zero attached hydrogens (tertiary/aromatic N) is 1. The first-order chi connectivity index (χ1) is 9.15. The highest BCUT2D eigenvalue weighted by atomic mass is 35.5. The standard InChI is InChI=1S/C15H12ClFN2/c16-12-5-4-11(13(17)8-12)9-19-7-6-10-2-1-3-14(18)15(10)19/h1-8H,9,18H2. The first-order valence-electron chi connectivity index (χ1n) is 5.92.